The molecule has 2 nitrogen and oxygen atoms in total. The van der Waals surface area contributed by atoms with Crippen molar-refractivity contribution in [1.29, 1.82) is 0 Å². The Balaban J connectivity index is 1.24. The van der Waals surface area contributed by atoms with Crippen LogP contribution in [0.1, 0.15) is 0 Å². The fourth-order valence-electron chi connectivity index (χ4n) is 8.01. The van der Waals surface area contributed by atoms with Gasteiger partial charge in [-0.2, -0.15) is 0 Å². The molecule has 9 aromatic carbocycles. The number of fused-ring (bicyclic) bond motifs is 6. The largest absolute Gasteiger partial charge is 0.310 e. The molecule has 1 aromatic heterocycles. The summed E-state index contributed by atoms with van der Waals surface area (Å²) in [5.74, 6) is 0. The molecule has 0 unspecified atom stereocenters. The summed E-state index contributed by atoms with van der Waals surface area (Å²) in [7, 11) is 0. The van der Waals surface area contributed by atoms with Crippen LogP contribution in [-0.4, -0.2) is 4.57 Å². The highest BCUT2D eigenvalue weighted by Crippen LogP contribution is 2.45. The molecule has 0 atom stereocenters. The van der Waals surface area contributed by atoms with Crippen molar-refractivity contribution in [1.82, 2.24) is 4.57 Å². The molecule has 0 aliphatic rings. The SMILES string of the molecule is c1ccc(-c2ccccc2N(c2cccc(-c3cccc4c3c3c5ccccc5ccc3n4-c3ccccc3)c2)c2ccc3ccccc3c2)cc1. The predicted octanol–water partition coefficient (Wildman–Crippen LogP) is 13.9. The van der Waals surface area contributed by atoms with Crippen molar-refractivity contribution in [3.05, 3.63) is 206 Å². The molecule has 244 valence electrons. The number of para-hydroxylation sites is 2. The number of hydrogen-bond donors (Lipinski definition) is 0. The third-order valence-corrected chi connectivity index (χ3v) is 10.3. The topological polar surface area (TPSA) is 8.17 Å². The summed E-state index contributed by atoms with van der Waals surface area (Å²) < 4.78 is 2.42. The van der Waals surface area contributed by atoms with Crippen molar-refractivity contribution in [2.24, 2.45) is 0 Å². The highest BCUT2D eigenvalue weighted by molar-refractivity contribution is 6.25. The van der Waals surface area contributed by atoms with Crippen LogP contribution in [0.5, 0.6) is 0 Å². The van der Waals surface area contributed by atoms with E-state index >= 15 is 0 Å². The standard InChI is InChI=1S/C50H34N2/c1-3-16-36(17-4-1)43-24-11-12-27-46(43)51(42-31-29-35-15-7-8-19-38(35)33-42)41-23-13-20-39(34-41)45-26-14-28-47-50(45)49-44-25-10-9-18-37(44)30-32-48(49)52(47)40-21-5-2-6-22-40/h1-34H. The normalized spacial score (nSPS) is 11.5. The first-order valence-corrected chi connectivity index (χ1v) is 17.9. The number of benzene rings is 9. The zero-order chi connectivity index (χ0) is 34.4. The van der Waals surface area contributed by atoms with Crippen LogP contribution < -0.4 is 4.90 Å². The first-order chi connectivity index (χ1) is 25.8. The minimum atomic E-state index is 1.10. The van der Waals surface area contributed by atoms with Gasteiger partial charge in [-0.3, -0.25) is 0 Å². The molecule has 2 heteroatoms. The van der Waals surface area contributed by atoms with Gasteiger partial charge in [0, 0.05) is 33.4 Å². The van der Waals surface area contributed by atoms with Crippen molar-refractivity contribution in [3.63, 3.8) is 0 Å². The first-order valence-electron chi connectivity index (χ1n) is 17.9. The molecule has 0 fully saturated rings. The number of aromatic nitrogens is 1. The van der Waals surface area contributed by atoms with Crippen LogP contribution >= 0.6 is 0 Å². The highest BCUT2D eigenvalue weighted by atomic mass is 15.1. The van der Waals surface area contributed by atoms with Gasteiger partial charge in [0.1, 0.15) is 0 Å². The Hall–Kier alpha value is -6.90. The van der Waals surface area contributed by atoms with Crippen LogP contribution in [0.3, 0.4) is 0 Å². The quantitative estimate of drug-likeness (QED) is 0.172. The van der Waals surface area contributed by atoms with Gasteiger partial charge in [0.2, 0.25) is 0 Å². The molecule has 1 heterocycles. The van der Waals surface area contributed by atoms with Gasteiger partial charge in [-0.15, -0.1) is 0 Å². The summed E-state index contributed by atoms with van der Waals surface area (Å²) in [6.07, 6.45) is 0. The summed E-state index contributed by atoms with van der Waals surface area (Å²) in [6, 6.07) is 74.7. The minimum Gasteiger partial charge on any atom is -0.310 e. The van der Waals surface area contributed by atoms with Gasteiger partial charge in [-0.05, 0) is 92.8 Å². The maximum Gasteiger partial charge on any atom is 0.0547 e. The molecule has 52 heavy (non-hydrogen) atoms. The van der Waals surface area contributed by atoms with Crippen molar-refractivity contribution in [2.45, 2.75) is 0 Å². The molecule has 10 rings (SSSR count). The zero-order valence-electron chi connectivity index (χ0n) is 28.5. The Morgan fingerprint density at radius 2 is 0.962 bits per heavy atom. The summed E-state index contributed by atoms with van der Waals surface area (Å²) in [4.78, 5) is 2.42. The molecule has 10 aromatic rings. The van der Waals surface area contributed by atoms with Crippen molar-refractivity contribution in [3.8, 4) is 27.9 Å². The van der Waals surface area contributed by atoms with Gasteiger partial charge in [0.05, 0.1) is 16.7 Å². The van der Waals surface area contributed by atoms with E-state index in [1.807, 2.05) is 0 Å². The van der Waals surface area contributed by atoms with Gasteiger partial charge in [0.25, 0.3) is 0 Å². The highest BCUT2D eigenvalue weighted by Gasteiger charge is 2.21. The van der Waals surface area contributed by atoms with E-state index in [9.17, 15) is 0 Å². The zero-order valence-corrected chi connectivity index (χ0v) is 28.5. The van der Waals surface area contributed by atoms with Gasteiger partial charge in [0.15, 0.2) is 0 Å². The number of hydrogen-bond acceptors (Lipinski definition) is 1. The minimum absolute atomic E-state index is 1.10. The Morgan fingerprint density at radius 1 is 0.346 bits per heavy atom. The third-order valence-electron chi connectivity index (χ3n) is 10.3. The van der Waals surface area contributed by atoms with Crippen molar-refractivity contribution >= 4 is 60.4 Å². The van der Waals surface area contributed by atoms with Crippen LogP contribution in [0.2, 0.25) is 0 Å². The lowest BCUT2D eigenvalue weighted by molar-refractivity contribution is 1.18. The molecule has 0 bridgehead atoms. The lowest BCUT2D eigenvalue weighted by atomic mass is 9.96. The van der Waals surface area contributed by atoms with Crippen LogP contribution in [-0.2, 0) is 0 Å². The molecule has 0 saturated heterocycles. The van der Waals surface area contributed by atoms with E-state index in [1.165, 1.54) is 65.6 Å². The second kappa shape index (κ2) is 12.5. The molecule has 0 radical (unpaired) electrons. The number of anilines is 3. The summed E-state index contributed by atoms with van der Waals surface area (Å²) in [5, 5.41) is 7.48. The molecule has 0 amide bonds. The van der Waals surface area contributed by atoms with Gasteiger partial charge < -0.3 is 9.47 Å². The van der Waals surface area contributed by atoms with E-state index in [0.717, 1.165) is 22.7 Å². The Bertz CT molecular complexity index is 2900. The molecule has 0 saturated carbocycles. The summed E-state index contributed by atoms with van der Waals surface area (Å²) in [6.45, 7) is 0. The summed E-state index contributed by atoms with van der Waals surface area (Å²) >= 11 is 0. The average Bonchev–Trinajstić information content (AvgIpc) is 3.57. The number of rotatable bonds is 6. The molecule has 0 N–H and O–H groups in total. The van der Waals surface area contributed by atoms with E-state index in [-0.39, 0.29) is 0 Å². The monoisotopic (exact) mass is 662 g/mol. The first kappa shape index (κ1) is 30.0. The average molecular weight is 663 g/mol. The van der Waals surface area contributed by atoms with Crippen LogP contribution in [0.4, 0.5) is 17.1 Å². The van der Waals surface area contributed by atoms with E-state index < -0.39 is 0 Å². The van der Waals surface area contributed by atoms with Gasteiger partial charge in [-0.1, -0.05) is 152 Å². The fraction of sp³-hybridized carbons (Fsp3) is 0. The summed E-state index contributed by atoms with van der Waals surface area (Å²) in [5.41, 5.74) is 11.7. The van der Waals surface area contributed by atoms with Gasteiger partial charge >= 0.3 is 0 Å². The van der Waals surface area contributed by atoms with E-state index in [0.29, 0.717) is 0 Å². The second-order valence-corrected chi connectivity index (χ2v) is 13.4. The Morgan fingerprint density at radius 3 is 1.83 bits per heavy atom. The maximum atomic E-state index is 2.42. The molecule has 0 spiro atoms. The second-order valence-electron chi connectivity index (χ2n) is 13.4. The molecule has 0 aliphatic heterocycles. The lowest BCUT2D eigenvalue weighted by Crippen LogP contribution is -2.11. The van der Waals surface area contributed by atoms with E-state index in [2.05, 4.69) is 216 Å². The molecule has 0 aliphatic carbocycles. The fourth-order valence-corrected chi connectivity index (χ4v) is 8.01. The van der Waals surface area contributed by atoms with E-state index in [1.54, 1.807) is 0 Å². The van der Waals surface area contributed by atoms with Crippen LogP contribution in [0.15, 0.2) is 206 Å². The molecular weight excluding hydrogens is 629 g/mol. The lowest BCUT2D eigenvalue weighted by Gasteiger charge is -2.28. The maximum absolute atomic E-state index is 2.42. The van der Waals surface area contributed by atoms with E-state index in [4.69, 9.17) is 0 Å². The van der Waals surface area contributed by atoms with Crippen molar-refractivity contribution in [2.75, 3.05) is 4.90 Å². The molecular formula is C50H34N2. The Labute approximate surface area is 303 Å². The van der Waals surface area contributed by atoms with Crippen molar-refractivity contribution < 1.29 is 0 Å². The number of nitrogens with zero attached hydrogens (tertiary/aromatic N) is 2. The predicted molar refractivity (Wildman–Crippen MR) is 221 cm³/mol. The smallest absolute Gasteiger partial charge is 0.0547 e. The van der Waals surface area contributed by atoms with Gasteiger partial charge in [-0.25, -0.2) is 0 Å². The van der Waals surface area contributed by atoms with Crippen LogP contribution in [0, 0.1) is 0 Å². The van der Waals surface area contributed by atoms with Crippen LogP contribution in [0.25, 0.3) is 71.3 Å². The Kier molecular flexibility index (Phi) is 7.18. The third kappa shape index (κ3) is 4.96.